The summed E-state index contributed by atoms with van der Waals surface area (Å²) in [6.07, 6.45) is 3.16. The standard InChI is InChI=1S/C13H26N2O2/c1-4-13(2,3)15-12(16)10-14-9-11-5-7-17-8-6-11/h11,14H,4-10H2,1-3H3,(H,15,16). The second kappa shape index (κ2) is 6.97. The van der Waals surface area contributed by atoms with E-state index in [0.717, 1.165) is 39.0 Å². The Bertz CT molecular complexity index is 236. The molecule has 17 heavy (non-hydrogen) atoms. The van der Waals surface area contributed by atoms with E-state index < -0.39 is 0 Å². The molecular weight excluding hydrogens is 216 g/mol. The molecule has 1 amide bonds. The minimum absolute atomic E-state index is 0.0870. The van der Waals surface area contributed by atoms with Crippen LogP contribution < -0.4 is 10.6 Å². The van der Waals surface area contributed by atoms with Gasteiger partial charge in [0.2, 0.25) is 5.91 Å². The van der Waals surface area contributed by atoms with E-state index in [9.17, 15) is 4.79 Å². The van der Waals surface area contributed by atoms with Crippen LogP contribution in [0.1, 0.15) is 40.0 Å². The van der Waals surface area contributed by atoms with Crippen molar-refractivity contribution in [2.45, 2.75) is 45.6 Å². The van der Waals surface area contributed by atoms with Crippen LogP contribution in [-0.4, -0.2) is 37.7 Å². The van der Waals surface area contributed by atoms with Crippen molar-refractivity contribution < 1.29 is 9.53 Å². The van der Waals surface area contributed by atoms with Gasteiger partial charge in [-0.1, -0.05) is 6.92 Å². The highest BCUT2D eigenvalue weighted by Crippen LogP contribution is 2.13. The first kappa shape index (κ1) is 14.5. The lowest BCUT2D eigenvalue weighted by atomic mass is 10.0. The maximum atomic E-state index is 11.7. The van der Waals surface area contributed by atoms with E-state index in [2.05, 4.69) is 17.6 Å². The second-order valence-corrected chi connectivity index (χ2v) is 5.47. The first-order chi connectivity index (χ1) is 8.03. The molecule has 1 heterocycles. The third-order valence-corrected chi connectivity index (χ3v) is 3.42. The number of hydrogen-bond donors (Lipinski definition) is 2. The van der Waals surface area contributed by atoms with Gasteiger partial charge in [-0.25, -0.2) is 0 Å². The highest BCUT2D eigenvalue weighted by Gasteiger charge is 2.18. The molecule has 0 atom stereocenters. The van der Waals surface area contributed by atoms with Crippen LogP contribution in [0.2, 0.25) is 0 Å². The summed E-state index contributed by atoms with van der Waals surface area (Å²) in [5, 5.41) is 6.25. The highest BCUT2D eigenvalue weighted by molar-refractivity contribution is 5.78. The van der Waals surface area contributed by atoms with Gasteiger partial charge in [0.25, 0.3) is 0 Å². The molecule has 0 spiro atoms. The smallest absolute Gasteiger partial charge is 0.234 e. The molecule has 1 saturated heterocycles. The van der Waals surface area contributed by atoms with Crippen LogP contribution in [0, 0.1) is 5.92 Å². The van der Waals surface area contributed by atoms with Crippen LogP contribution in [0.3, 0.4) is 0 Å². The molecule has 1 fully saturated rings. The van der Waals surface area contributed by atoms with Crippen LogP contribution >= 0.6 is 0 Å². The van der Waals surface area contributed by atoms with Crippen LogP contribution in [0.25, 0.3) is 0 Å². The number of carbonyl (C=O) groups excluding carboxylic acids is 1. The minimum Gasteiger partial charge on any atom is -0.381 e. The highest BCUT2D eigenvalue weighted by atomic mass is 16.5. The van der Waals surface area contributed by atoms with Gasteiger partial charge in [-0.3, -0.25) is 4.79 Å². The van der Waals surface area contributed by atoms with Gasteiger partial charge in [0, 0.05) is 18.8 Å². The topological polar surface area (TPSA) is 50.4 Å². The van der Waals surface area contributed by atoms with Crippen molar-refractivity contribution in [1.82, 2.24) is 10.6 Å². The number of carbonyl (C=O) groups is 1. The largest absolute Gasteiger partial charge is 0.381 e. The normalized spacial score (nSPS) is 18.1. The van der Waals surface area contributed by atoms with E-state index in [1.165, 1.54) is 0 Å². The van der Waals surface area contributed by atoms with Crippen molar-refractivity contribution in [3.05, 3.63) is 0 Å². The molecule has 0 unspecified atom stereocenters. The molecule has 0 radical (unpaired) electrons. The summed E-state index contributed by atoms with van der Waals surface area (Å²) in [6.45, 7) is 9.23. The zero-order valence-electron chi connectivity index (χ0n) is 11.3. The predicted molar refractivity (Wildman–Crippen MR) is 68.9 cm³/mol. The quantitative estimate of drug-likeness (QED) is 0.738. The Morgan fingerprint density at radius 3 is 2.59 bits per heavy atom. The van der Waals surface area contributed by atoms with Crippen LogP contribution in [0.15, 0.2) is 0 Å². The molecule has 0 aromatic carbocycles. The van der Waals surface area contributed by atoms with Gasteiger partial charge < -0.3 is 15.4 Å². The van der Waals surface area contributed by atoms with Crippen molar-refractivity contribution in [2.75, 3.05) is 26.3 Å². The van der Waals surface area contributed by atoms with E-state index in [1.807, 2.05) is 13.8 Å². The monoisotopic (exact) mass is 242 g/mol. The van der Waals surface area contributed by atoms with E-state index in [-0.39, 0.29) is 11.4 Å². The Labute approximate surface area is 104 Å². The van der Waals surface area contributed by atoms with Crippen molar-refractivity contribution in [2.24, 2.45) is 5.92 Å². The summed E-state index contributed by atoms with van der Waals surface area (Å²) in [4.78, 5) is 11.7. The lowest BCUT2D eigenvalue weighted by Gasteiger charge is -2.25. The lowest BCUT2D eigenvalue weighted by Crippen LogP contribution is -2.47. The van der Waals surface area contributed by atoms with E-state index in [1.54, 1.807) is 0 Å². The third kappa shape index (κ3) is 6.03. The number of amides is 1. The third-order valence-electron chi connectivity index (χ3n) is 3.42. The number of rotatable bonds is 6. The van der Waals surface area contributed by atoms with Crippen LogP contribution in [-0.2, 0) is 9.53 Å². The molecule has 100 valence electrons. The number of nitrogens with one attached hydrogen (secondary N) is 2. The molecule has 1 aliphatic rings. The van der Waals surface area contributed by atoms with Crippen molar-refractivity contribution in [3.8, 4) is 0 Å². The van der Waals surface area contributed by atoms with E-state index >= 15 is 0 Å². The van der Waals surface area contributed by atoms with Gasteiger partial charge >= 0.3 is 0 Å². The summed E-state index contributed by atoms with van der Waals surface area (Å²) in [5.41, 5.74) is -0.0998. The Balaban J connectivity index is 2.11. The van der Waals surface area contributed by atoms with E-state index in [0.29, 0.717) is 12.5 Å². The Hall–Kier alpha value is -0.610. The molecule has 1 rings (SSSR count). The summed E-state index contributed by atoms with van der Waals surface area (Å²) in [5.74, 6) is 0.750. The molecule has 4 nitrogen and oxygen atoms in total. The molecule has 0 saturated carbocycles. The van der Waals surface area contributed by atoms with E-state index in [4.69, 9.17) is 4.74 Å². The molecule has 0 bridgehead atoms. The average molecular weight is 242 g/mol. The lowest BCUT2D eigenvalue weighted by molar-refractivity contribution is -0.121. The fraction of sp³-hybridized carbons (Fsp3) is 0.923. The molecular formula is C13H26N2O2. The van der Waals surface area contributed by atoms with Gasteiger partial charge in [0.1, 0.15) is 0 Å². The molecule has 0 aromatic rings. The molecule has 1 aliphatic heterocycles. The zero-order chi connectivity index (χ0) is 12.7. The van der Waals surface area contributed by atoms with Gasteiger partial charge in [0.05, 0.1) is 6.54 Å². The first-order valence-electron chi connectivity index (χ1n) is 6.63. The summed E-state index contributed by atoms with van der Waals surface area (Å²) >= 11 is 0. The zero-order valence-corrected chi connectivity index (χ0v) is 11.3. The maximum absolute atomic E-state index is 11.7. The first-order valence-corrected chi connectivity index (χ1v) is 6.63. The summed E-state index contributed by atoms with van der Waals surface area (Å²) in [7, 11) is 0. The van der Waals surface area contributed by atoms with Crippen molar-refractivity contribution >= 4 is 5.91 Å². The average Bonchev–Trinajstić information content (AvgIpc) is 2.30. The molecule has 2 N–H and O–H groups in total. The Morgan fingerprint density at radius 2 is 2.00 bits per heavy atom. The summed E-state index contributed by atoms with van der Waals surface area (Å²) in [6, 6.07) is 0. The molecule has 0 aromatic heterocycles. The second-order valence-electron chi connectivity index (χ2n) is 5.47. The van der Waals surface area contributed by atoms with Gasteiger partial charge in [-0.15, -0.1) is 0 Å². The van der Waals surface area contributed by atoms with Crippen LogP contribution in [0.4, 0.5) is 0 Å². The molecule has 0 aliphatic carbocycles. The number of hydrogen-bond acceptors (Lipinski definition) is 3. The fourth-order valence-corrected chi connectivity index (χ4v) is 1.85. The maximum Gasteiger partial charge on any atom is 0.234 e. The van der Waals surface area contributed by atoms with Crippen molar-refractivity contribution in [3.63, 3.8) is 0 Å². The van der Waals surface area contributed by atoms with Crippen LogP contribution in [0.5, 0.6) is 0 Å². The summed E-state index contributed by atoms with van der Waals surface area (Å²) < 4.78 is 5.30. The Morgan fingerprint density at radius 1 is 1.35 bits per heavy atom. The Kier molecular flexibility index (Phi) is 5.92. The predicted octanol–water partition coefficient (Wildman–Crippen LogP) is 1.31. The van der Waals surface area contributed by atoms with Gasteiger partial charge in [-0.2, -0.15) is 0 Å². The SMILES string of the molecule is CCC(C)(C)NC(=O)CNCC1CCOCC1. The van der Waals surface area contributed by atoms with Crippen molar-refractivity contribution in [1.29, 1.82) is 0 Å². The molecule has 4 heteroatoms. The minimum atomic E-state index is -0.0998. The van der Waals surface area contributed by atoms with Gasteiger partial charge in [0.15, 0.2) is 0 Å². The fourth-order valence-electron chi connectivity index (χ4n) is 1.85. The number of ether oxygens (including phenoxy) is 1. The van der Waals surface area contributed by atoms with Gasteiger partial charge in [-0.05, 0) is 45.6 Å².